The number of benzene rings is 1. The summed E-state index contributed by atoms with van der Waals surface area (Å²) in [7, 11) is 3.31. The molecule has 0 aliphatic heterocycles. The Hall–Kier alpha value is -2.27. The average Bonchev–Trinajstić information content (AvgIpc) is 2.89. The van der Waals surface area contributed by atoms with Crippen molar-refractivity contribution in [2.45, 2.75) is 26.7 Å². The summed E-state index contributed by atoms with van der Waals surface area (Å²) < 4.78 is 17.7. The quantitative estimate of drug-likeness (QED) is 0.547. The largest absolute Gasteiger partial charge is 0.497 e. The molecule has 0 atom stereocenters. The van der Waals surface area contributed by atoms with E-state index in [1.165, 1.54) is 0 Å². The molecule has 5 nitrogen and oxygen atoms in total. The third-order valence-corrected chi connectivity index (χ3v) is 3.94. The Bertz CT molecular complexity index is 691. The second-order valence-electron chi connectivity index (χ2n) is 5.66. The molecule has 2 rings (SSSR count). The molecule has 0 saturated heterocycles. The fraction of sp³-hybridized carbons (Fsp3) is 0.421. The molecule has 0 spiro atoms. The van der Waals surface area contributed by atoms with E-state index < -0.39 is 0 Å². The predicted molar refractivity (Wildman–Crippen MR) is 93.2 cm³/mol. The Kier molecular flexibility index (Phi) is 6.44. The third-order valence-electron chi connectivity index (χ3n) is 3.94. The molecular weight excluding hydrogens is 306 g/mol. The van der Waals surface area contributed by atoms with Crippen LogP contribution in [0.4, 0.5) is 0 Å². The van der Waals surface area contributed by atoms with Crippen molar-refractivity contribution in [3.63, 3.8) is 0 Å². The van der Waals surface area contributed by atoms with Crippen LogP contribution in [0.25, 0.3) is 5.69 Å². The number of rotatable bonds is 8. The van der Waals surface area contributed by atoms with Gasteiger partial charge >= 0.3 is 5.97 Å². The van der Waals surface area contributed by atoms with Crippen LogP contribution in [0.15, 0.2) is 30.3 Å². The molecule has 0 unspecified atom stereocenters. The standard InChI is InChI=1S/C19H25NO4/c1-14-12-18(19(21)24-11-6-5-10-22-3)15(2)20(14)16-8-7-9-17(13-16)23-4/h7-9,12-13H,5-6,10-11H2,1-4H3. The number of esters is 1. The van der Waals surface area contributed by atoms with E-state index in [-0.39, 0.29) is 5.97 Å². The number of unbranched alkanes of at least 4 members (excludes halogenated alkanes) is 1. The zero-order valence-electron chi connectivity index (χ0n) is 14.8. The molecule has 1 aromatic carbocycles. The van der Waals surface area contributed by atoms with Gasteiger partial charge in [-0.3, -0.25) is 0 Å². The number of carbonyl (C=O) groups excluding carboxylic acids is 1. The van der Waals surface area contributed by atoms with Crippen LogP contribution in [0.1, 0.15) is 34.6 Å². The lowest BCUT2D eigenvalue weighted by molar-refractivity contribution is 0.0488. The van der Waals surface area contributed by atoms with Crippen molar-refractivity contribution in [3.8, 4) is 11.4 Å². The van der Waals surface area contributed by atoms with Crippen LogP contribution < -0.4 is 4.74 Å². The third kappa shape index (κ3) is 4.17. The Balaban J connectivity index is 2.14. The Morgan fingerprint density at radius 2 is 1.83 bits per heavy atom. The van der Waals surface area contributed by atoms with Crippen LogP contribution in [0.5, 0.6) is 5.75 Å². The van der Waals surface area contributed by atoms with Crippen molar-refractivity contribution in [1.82, 2.24) is 4.57 Å². The fourth-order valence-electron chi connectivity index (χ4n) is 2.71. The lowest BCUT2D eigenvalue weighted by Crippen LogP contribution is -2.09. The minimum atomic E-state index is -0.283. The Morgan fingerprint density at radius 1 is 1.08 bits per heavy atom. The molecule has 0 bridgehead atoms. The van der Waals surface area contributed by atoms with Gasteiger partial charge in [0.15, 0.2) is 0 Å². The van der Waals surface area contributed by atoms with E-state index in [1.54, 1.807) is 14.2 Å². The van der Waals surface area contributed by atoms with Crippen molar-refractivity contribution < 1.29 is 19.0 Å². The highest BCUT2D eigenvalue weighted by Crippen LogP contribution is 2.24. The van der Waals surface area contributed by atoms with Gasteiger partial charge in [0.05, 0.1) is 19.3 Å². The van der Waals surface area contributed by atoms with E-state index in [2.05, 4.69) is 0 Å². The maximum Gasteiger partial charge on any atom is 0.339 e. The summed E-state index contributed by atoms with van der Waals surface area (Å²) in [4.78, 5) is 12.3. The second-order valence-corrected chi connectivity index (χ2v) is 5.66. The van der Waals surface area contributed by atoms with Crippen LogP contribution in [-0.2, 0) is 9.47 Å². The van der Waals surface area contributed by atoms with E-state index in [0.717, 1.165) is 35.7 Å². The molecule has 1 aromatic heterocycles. The monoisotopic (exact) mass is 331 g/mol. The molecule has 1 heterocycles. The van der Waals surface area contributed by atoms with Gasteiger partial charge in [-0.25, -0.2) is 4.79 Å². The zero-order chi connectivity index (χ0) is 17.5. The molecule has 130 valence electrons. The Labute approximate surface area is 143 Å². The van der Waals surface area contributed by atoms with Gasteiger partial charge in [0.25, 0.3) is 0 Å². The van der Waals surface area contributed by atoms with Crippen molar-refractivity contribution >= 4 is 5.97 Å². The van der Waals surface area contributed by atoms with Gasteiger partial charge in [-0.15, -0.1) is 0 Å². The molecule has 0 aliphatic carbocycles. The topological polar surface area (TPSA) is 49.7 Å². The first-order valence-electron chi connectivity index (χ1n) is 8.08. The predicted octanol–water partition coefficient (Wildman–Crippen LogP) is 3.69. The lowest BCUT2D eigenvalue weighted by Gasteiger charge is -2.11. The summed E-state index contributed by atoms with van der Waals surface area (Å²) in [5, 5.41) is 0. The van der Waals surface area contributed by atoms with E-state index >= 15 is 0 Å². The number of methoxy groups -OCH3 is 2. The number of nitrogens with zero attached hydrogens (tertiary/aromatic N) is 1. The van der Waals surface area contributed by atoms with E-state index in [1.807, 2.05) is 48.7 Å². The summed E-state index contributed by atoms with van der Waals surface area (Å²) >= 11 is 0. The van der Waals surface area contributed by atoms with E-state index in [0.29, 0.717) is 18.8 Å². The van der Waals surface area contributed by atoms with E-state index in [4.69, 9.17) is 14.2 Å². The number of carbonyl (C=O) groups is 1. The fourth-order valence-corrected chi connectivity index (χ4v) is 2.71. The van der Waals surface area contributed by atoms with Crippen molar-refractivity contribution in [2.75, 3.05) is 27.4 Å². The van der Waals surface area contributed by atoms with Gasteiger partial charge in [0.1, 0.15) is 5.75 Å². The van der Waals surface area contributed by atoms with Gasteiger partial charge in [-0.2, -0.15) is 0 Å². The zero-order valence-corrected chi connectivity index (χ0v) is 14.8. The summed E-state index contributed by atoms with van der Waals surface area (Å²) in [6.07, 6.45) is 1.68. The van der Waals surface area contributed by atoms with Gasteiger partial charge in [-0.05, 0) is 44.9 Å². The SMILES string of the molecule is COCCCCOC(=O)c1cc(C)n(-c2cccc(OC)c2)c1C. The van der Waals surface area contributed by atoms with E-state index in [9.17, 15) is 4.79 Å². The normalized spacial score (nSPS) is 10.7. The minimum Gasteiger partial charge on any atom is -0.497 e. The average molecular weight is 331 g/mol. The van der Waals surface area contributed by atoms with Crippen LogP contribution in [0.3, 0.4) is 0 Å². The molecule has 24 heavy (non-hydrogen) atoms. The van der Waals surface area contributed by atoms with Crippen LogP contribution in [0, 0.1) is 13.8 Å². The van der Waals surface area contributed by atoms with Gasteiger partial charge < -0.3 is 18.8 Å². The number of aryl methyl sites for hydroxylation is 1. The maximum atomic E-state index is 12.3. The Morgan fingerprint density at radius 3 is 2.54 bits per heavy atom. The number of ether oxygens (including phenoxy) is 3. The smallest absolute Gasteiger partial charge is 0.339 e. The first-order chi connectivity index (χ1) is 11.6. The van der Waals surface area contributed by atoms with Crippen LogP contribution >= 0.6 is 0 Å². The van der Waals surface area contributed by atoms with Crippen molar-refractivity contribution in [2.24, 2.45) is 0 Å². The highest BCUT2D eigenvalue weighted by molar-refractivity contribution is 5.91. The first-order valence-corrected chi connectivity index (χ1v) is 8.08. The molecule has 0 N–H and O–H groups in total. The number of aromatic nitrogens is 1. The van der Waals surface area contributed by atoms with Crippen molar-refractivity contribution in [1.29, 1.82) is 0 Å². The summed E-state index contributed by atoms with van der Waals surface area (Å²) in [6, 6.07) is 9.63. The summed E-state index contributed by atoms with van der Waals surface area (Å²) in [5.74, 6) is 0.497. The first kappa shape index (κ1) is 18.1. The van der Waals surface area contributed by atoms with Crippen molar-refractivity contribution in [3.05, 3.63) is 47.3 Å². The molecule has 0 amide bonds. The van der Waals surface area contributed by atoms with Gasteiger partial charge in [0, 0.05) is 36.9 Å². The summed E-state index contributed by atoms with van der Waals surface area (Å²) in [5.41, 5.74) is 3.40. The molecule has 0 aliphatic rings. The molecular formula is C19H25NO4. The van der Waals surface area contributed by atoms with Gasteiger partial charge in [-0.1, -0.05) is 6.07 Å². The molecule has 2 aromatic rings. The van der Waals surface area contributed by atoms with Gasteiger partial charge in [0.2, 0.25) is 0 Å². The van der Waals surface area contributed by atoms with Crippen LogP contribution in [-0.4, -0.2) is 38.0 Å². The second kappa shape index (κ2) is 8.55. The molecule has 5 heteroatoms. The highest BCUT2D eigenvalue weighted by Gasteiger charge is 2.18. The molecule has 0 fully saturated rings. The summed E-state index contributed by atoms with van der Waals surface area (Å²) in [6.45, 7) is 4.99. The molecule has 0 radical (unpaired) electrons. The molecule has 0 saturated carbocycles. The highest BCUT2D eigenvalue weighted by atomic mass is 16.5. The number of hydrogen-bond donors (Lipinski definition) is 0. The minimum absolute atomic E-state index is 0.283. The van der Waals surface area contributed by atoms with Crippen LogP contribution in [0.2, 0.25) is 0 Å². The maximum absolute atomic E-state index is 12.3. The number of hydrogen-bond acceptors (Lipinski definition) is 4. The lowest BCUT2D eigenvalue weighted by atomic mass is 10.2.